The van der Waals surface area contributed by atoms with Crippen LogP contribution in [0.1, 0.15) is 5.82 Å². The van der Waals surface area contributed by atoms with Crippen molar-refractivity contribution >= 4 is 38.5 Å². The molecular weight excluding hydrogens is 359 g/mol. The molecule has 1 aromatic carbocycles. The summed E-state index contributed by atoms with van der Waals surface area (Å²) in [5, 5.41) is 4.41. The Morgan fingerprint density at radius 3 is 2.57 bits per heavy atom. The molecule has 5 heteroatoms. The van der Waals surface area contributed by atoms with Crippen LogP contribution < -0.4 is 0 Å². The predicted octanol–water partition coefficient (Wildman–Crippen LogP) is 3.24. The van der Waals surface area contributed by atoms with Gasteiger partial charge in [0.25, 0.3) is 5.89 Å². The number of halogens is 2. The average molecular weight is 365 g/mol. The smallest absolute Gasteiger partial charge is 0.257 e. The second-order valence-electron chi connectivity index (χ2n) is 2.66. The number of aromatic nitrogens is 2. The molecule has 0 amide bonds. The van der Waals surface area contributed by atoms with Gasteiger partial charge in [-0.05, 0) is 46.9 Å². The van der Waals surface area contributed by atoms with Crippen LogP contribution in [-0.2, 0) is 5.33 Å². The maximum absolute atomic E-state index is 5.09. The molecule has 0 spiro atoms. The zero-order chi connectivity index (χ0) is 9.97. The molecule has 0 aliphatic heterocycles. The van der Waals surface area contributed by atoms with Gasteiger partial charge in [-0.15, -0.1) is 0 Å². The molecule has 0 saturated carbocycles. The number of alkyl halides is 1. The van der Waals surface area contributed by atoms with Crippen LogP contribution in [0.4, 0.5) is 0 Å². The van der Waals surface area contributed by atoms with E-state index in [1.165, 1.54) is 3.57 Å². The third kappa shape index (κ3) is 2.14. The zero-order valence-corrected chi connectivity index (χ0v) is 10.8. The van der Waals surface area contributed by atoms with Crippen molar-refractivity contribution in [3.8, 4) is 11.5 Å². The van der Waals surface area contributed by atoms with Gasteiger partial charge in [0.05, 0.1) is 5.33 Å². The Labute approximate surface area is 103 Å². The topological polar surface area (TPSA) is 38.9 Å². The van der Waals surface area contributed by atoms with E-state index in [4.69, 9.17) is 4.52 Å². The standard InChI is InChI=1S/C9H6BrIN2O/c10-5-8-12-9(14-13-8)6-1-3-7(11)4-2-6/h1-4H,5H2. The normalized spacial score (nSPS) is 10.4. The van der Waals surface area contributed by atoms with Gasteiger partial charge in [-0.25, -0.2) is 0 Å². The number of hydrogen-bond donors (Lipinski definition) is 0. The Balaban J connectivity index is 2.34. The fourth-order valence-corrected chi connectivity index (χ4v) is 1.61. The summed E-state index contributed by atoms with van der Waals surface area (Å²) in [7, 11) is 0. The Hall–Kier alpha value is -0.430. The van der Waals surface area contributed by atoms with E-state index in [1.807, 2.05) is 24.3 Å². The van der Waals surface area contributed by atoms with Gasteiger partial charge in [0.1, 0.15) is 0 Å². The highest BCUT2D eigenvalue weighted by molar-refractivity contribution is 14.1. The van der Waals surface area contributed by atoms with E-state index < -0.39 is 0 Å². The van der Waals surface area contributed by atoms with Crippen LogP contribution in [0, 0.1) is 3.57 Å². The highest BCUT2D eigenvalue weighted by atomic mass is 127. The summed E-state index contributed by atoms with van der Waals surface area (Å²) in [5.41, 5.74) is 0.949. The number of nitrogens with zero attached hydrogens (tertiary/aromatic N) is 2. The van der Waals surface area contributed by atoms with Gasteiger partial charge in [0, 0.05) is 9.13 Å². The van der Waals surface area contributed by atoms with Crippen molar-refractivity contribution in [2.75, 3.05) is 0 Å². The van der Waals surface area contributed by atoms with Crippen LogP contribution in [0.2, 0.25) is 0 Å². The lowest BCUT2D eigenvalue weighted by Crippen LogP contribution is -1.80. The Kier molecular flexibility index (Phi) is 3.17. The third-order valence-corrected chi connectivity index (χ3v) is 2.90. The highest BCUT2D eigenvalue weighted by Crippen LogP contribution is 2.18. The summed E-state index contributed by atoms with van der Waals surface area (Å²) >= 11 is 5.52. The van der Waals surface area contributed by atoms with Crippen molar-refractivity contribution in [3.63, 3.8) is 0 Å². The molecule has 0 aliphatic carbocycles. The van der Waals surface area contributed by atoms with Gasteiger partial charge in [0.15, 0.2) is 5.82 Å². The molecule has 1 aromatic heterocycles. The fraction of sp³-hybridized carbons (Fsp3) is 0.111. The minimum atomic E-state index is 0.566. The number of rotatable bonds is 2. The minimum Gasteiger partial charge on any atom is -0.334 e. The molecule has 0 unspecified atom stereocenters. The first kappa shape index (κ1) is 10.1. The van der Waals surface area contributed by atoms with Crippen molar-refractivity contribution in [2.45, 2.75) is 5.33 Å². The summed E-state index contributed by atoms with van der Waals surface area (Å²) in [6, 6.07) is 7.95. The minimum absolute atomic E-state index is 0.566. The SMILES string of the molecule is BrCc1noc(-c2ccc(I)cc2)n1. The van der Waals surface area contributed by atoms with Gasteiger partial charge >= 0.3 is 0 Å². The highest BCUT2D eigenvalue weighted by Gasteiger charge is 2.06. The molecule has 0 atom stereocenters. The fourth-order valence-electron chi connectivity index (χ4n) is 1.02. The molecule has 0 fully saturated rings. The lowest BCUT2D eigenvalue weighted by Gasteiger charge is -1.92. The van der Waals surface area contributed by atoms with Gasteiger partial charge in [-0.1, -0.05) is 21.1 Å². The van der Waals surface area contributed by atoms with Crippen LogP contribution in [-0.4, -0.2) is 10.1 Å². The van der Waals surface area contributed by atoms with E-state index in [9.17, 15) is 0 Å². The van der Waals surface area contributed by atoms with E-state index in [-0.39, 0.29) is 0 Å². The number of hydrogen-bond acceptors (Lipinski definition) is 3. The molecule has 14 heavy (non-hydrogen) atoms. The third-order valence-electron chi connectivity index (χ3n) is 1.68. The molecule has 0 aliphatic rings. The lowest BCUT2D eigenvalue weighted by molar-refractivity contribution is 0.425. The molecule has 0 bridgehead atoms. The first-order valence-corrected chi connectivity index (χ1v) is 6.14. The molecule has 0 N–H and O–H groups in total. The van der Waals surface area contributed by atoms with Gasteiger partial charge < -0.3 is 4.52 Å². The van der Waals surface area contributed by atoms with Gasteiger partial charge in [-0.3, -0.25) is 0 Å². The van der Waals surface area contributed by atoms with Crippen molar-refractivity contribution in [1.29, 1.82) is 0 Å². The second kappa shape index (κ2) is 4.39. The first-order valence-electron chi connectivity index (χ1n) is 3.94. The van der Waals surface area contributed by atoms with Crippen LogP contribution in [0.15, 0.2) is 28.8 Å². The molecular formula is C9H6BrIN2O. The van der Waals surface area contributed by atoms with E-state index >= 15 is 0 Å². The zero-order valence-electron chi connectivity index (χ0n) is 7.08. The Morgan fingerprint density at radius 1 is 1.29 bits per heavy atom. The van der Waals surface area contributed by atoms with Crippen LogP contribution in [0.5, 0.6) is 0 Å². The molecule has 2 aromatic rings. The van der Waals surface area contributed by atoms with Crippen molar-refractivity contribution in [2.24, 2.45) is 0 Å². The summed E-state index contributed by atoms with van der Waals surface area (Å²) in [6.07, 6.45) is 0. The first-order chi connectivity index (χ1) is 6.79. The van der Waals surface area contributed by atoms with E-state index in [2.05, 4.69) is 48.7 Å². The summed E-state index contributed by atoms with van der Waals surface area (Å²) < 4.78 is 6.27. The molecule has 0 radical (unpaired) electrons. The Bertz CT molecular complexity index is 427. The van der Waals surface area contributed by atoms with Gasteiger partial charge in [0.2, 0.25) is 0 Å². The predicted molar refractivity (Wildman–Crippen MR) is 65.1 cm³/mol. The molecule has 1 heterocycles. The van der Waals surface area contributed by atoms with Gasteiger partial charge in [-0.2, -0.15) is 4.98 Å². The summed E-state index contributed by atoms with van der Waals surface area (Å²) in [4.78, 5) is 4.20. The van der Waals surface area contributed by atoms with Crippen LogP contribution >= 0.6 is 38.5 Å². The van der Waals surface area contributed by atoms with E-state index in [0.717, 1.165) is 5.56 Å². The lowest BCUT2D eigenvalue weighted by atomic mass is 10.2. The molecule has 0 saturated heterocycles. The summed E-state index contributed by atoms with van der Waals surface area (Å²) in [6.45, 7) is 0. The molecule has 3 nitrogen and oxygen atoms in total. The largest absolute Gasteiger partial charge is 0.334 e. The quantitative estimate of drug-likeness (QED) is 0.606. The van der Waals surface area contributed by atoms with Crippen LogP contribution in [0.25, 0.3) is 11.5 Å². The second-order valence-corrected chi connectivity index (χ2v) is 4.46. The van der Waals surface area contributed by atoms with Crippen LogP contribution in [0.3, 0.4) is 0 Å². The number of benzene rings is 1. The maximum atomic E-state index is 5.09. The van der Waals surface area contributed by atoms with Crippen molar-refractivity contribution < 1.29 is 4.52 Å². The van der Waals surface area contributed by atoms with Crippen molar-refractivity contribution in [1.82, 2.24) is 10.1 Å². The molecule has 2 rings (SSSR count). The van der Waals surface area contributed by atoms with E-state index in [1.54, 1.807) is 0 Å². The maximum Gasteiger partial charge on any atom is 0.257 e. The monoisotopic (exact) mass is 364 g/mol. The Morgan fingerprint density at radius 2 is 2.00 bits per heavy atom. The van der Waals surface area contributed by atoms with Crippen molar-refractivity contribution in [3.05, 3.63) is 33.7 Å². The summed E-state index contributed by atoms with van der Waals surface area (Å²) in [5.74, 6) is 1.23. The van der Waals surface area contributed by atoms with E-state index in [0.29, 0.717) is 17.0 Å². The average Bonchev–Trinajstić information content (AvgIpc) is 2.67. The molecule has 72 valence electrons.